The highest BCUT2D eigenvalue weighted by Gasteiger charge is 2.33. The zero-order valence-corrected chi connectivity index (χ0v) is 25.4. The lowest BCUT2D eigenvalue weighted by molar-refractivity contribution is -0.274. The van der Waals surface area contributed by atoms with E-state index in [-0.39, 0.29) is 34.3 Å². The third-order valence-electron chi connectivity index (χ3n) is 6.56. The number of aliphatic hydroxyl groups excluding tert-OH is 1. The van der Waals surface area contributed by atoms with Gasteiger partial charge in [0, 0.05) is 17.8 Å². The van der Waals surface area contributed by atoms with Crippen molar-refractivity contribution in [3.63, 3.8) is 0 Å². The first-order valence-corrected chi connectivity index (χ1v) is 14.7. The number of aliphatic hydroxyl groups is 1. The van der Waals surface area contributed by atoms with Crippen molar-refractivity contribution in [1.29, 1.82) is 0 Å². The predicted octanol–water partition coefficient (Wildman–Crippen LogP) is 6.28. The van der Waals surface area contributed by atoms with E-state index in [0.29, 0.717) is 11.4 Å². The number of anilines is 2. The standard InChI is InChI=1S/C30H27F5N6O4S/c1-16(2)21-9-4-17(3)10-24(21)41-26(42)14-46-29(41)38-28(43)37-18-11-22(31)27(23(32)12-18)44-13-25-36-15-40(39-25)19-5-7-20(8-6-19)45-30(33,34)35/h4-12,15-16,28,37,43H,13-14H2,1-3H3/b38-29-. The molecule has 0 bridgehead atoms. The number of amides is 1. The fourth-order valence-corrected chi connectivity index (χ4v) is 5.41. The van der Waals surface area contributed by atoms with Gasteiger partial charge in [0.05, 0.1) is 17.1 Å². The highest BCUT2D eigenvalue weighted by molar-refractivity contribution is 8.15. The Kier molecular flexibility index (Phi) is 9.48. The van der Waals surface area contributed by atoms with E-state index >= 15 is 0 Å². The lowest BCUT2D eigenvalue weighted by Crippen LogP contribution is -2.32. The summed E-state index contributed by atoms with van der Waals surface area (Å²) >= 11 is 1.13. The third kappa shape index (κ3) is 7.74. The van der Waals surface area contributed by atoms with E-state index in [1.165, 1.54) is 28.0 Å². The van der Waals surface area contributed by atoms with Crippen LogP contribution >= 0.6 is 11.8 Å². The largest absolute Gasteiger partial charge is 0.573 e. The van der Waals surface area contributed by atoms with Crippen molar-refractivity contribution >= 4 is 34.2 Å². The van der Waals surface area contributed by atoms with Gasteiger partial charge in [-0.3, -0.25) is 9.69 Å². The van der Waals surface area contributed by atoms with Crippen LogP contribution < -0.4 is 19.7 Å². The van der Waals surface area contributed by atoms with Gasteiger partial charge < -0.3 is 19.9 Å². The molecule has 4 aromatic rings. The van der Waals surface area contributed by atoms with Gasteiger partial charge in [0.15, 0.2) is 28.4 Å². The van der Waals surface area contributed by atoms with E-state index in [4.69, 9.17) is 4.74 Å². The molecule has 242 valence electrons. The summed E-state index contributed by atoms with van der Waals surface area (Å²) in [6.45, 7) is 5.46. The van der Waals surface area contributed by atoms with Gasteiger partial charge >= 0.3 is 6.36 Å². The quantitative estimate of drug-likeness (QED) is 0.151. The van der Waals surface area contributed by atoms with Crippen molar-refractivity contribution in [2.24, 2.45) is 4.99 Å². The topological polar surface area (TPSA) is 114 Å². The Hall–Kier alpha value is -4.70. The van der Waals surface area contributed by atoms with Gasteiger partial charge in [0.2, 0.25) is 12.3 Å². The Labute approximate surface area is 263 Å². The Bertz CT molecular complexity index is 1740. The van der Waals surface area contributed by atoms with E-state index in [9.17, 15) is 31.9 Å². The molecule has 1 saturated heterocycles. The lowest BCUT2D eigenvalue weighted by atomic mass is 9.99. The molecule has 1 amide bonds. The number of carbonyl (C=O) groups excluding carboxylic acids is 1. The number of nitrogens with one attached hydrogen (secondary N) is 1. The van der Waals surface area contributed by atoms with Crippen molar-refractivity contribution in [3.05, 3.63) is 89.5 Å². The maximum atomic E-state index is 14.9. The van der Waals surface area contributed by atoms with Crippen LogP contribution in [-0.2, 0) is 11.4 Å². The zero-order chi connectivity index (χ0) is 33.2. The minimum Gasteiger partial charge on any atom is -0.479 e. The van der Waals surface area contributed by atoms with Crippen molar-refractivity contribution < 1.29 is 41.3 Å². The van der Waals surface area contributed by atoms with E-state index in [1.807, 2.05) is 39.0 Å². The number of halogens is 5. The molecule has 1 fully saturated rings. The monoisotopic (exact) mass is 662 g/mol. The second-order valence-electron chi connectivity index (χ2n) is 10.4. The number of aromatic nitrogens is 3. The molecule has 16 heteroatoms. The van der Waals surface area contributed by atoms with Gasteiger partial charge in [-0.25, -0.2) is 23.4 Å². The van der Waals surface area contributed by atoms with Crippen LogP contribution in [0.2, 0.25) is 0 Å². The first-order valence-electron chi connectivity index (χ1n) is 13.7. The zero-order valence-electron chi connectivity index (χ0n) is 24.5. The average molecular weight is 663 g/mol. The van der Waals surface area contributed by atoms with Crippen LogP contribution in [0.5, 0.6) is 11.5 Å². The molecule has 1 aromatic heterocycles. The molecule has 1 atom stereocenters. The number of nitrogens with zero attached hydrogens (tertiary/aromatic N) is 5. The van der Waals surface area contributed by atoms with Crippen molar-refractivity contribution in [2.45, 2.75) is 46.0 Å². The predicted molar refractivity (Wildman–Crippen MR) is 161 cm³/mol. The van der Waals surface area contributed by atoms with Gasteiger partial charge in [-0.05, 0) is 54.3 Å². The van der Waals surface area contributed by atoms with Crippen LogP contribution in [0.15, 0.2) is 65.9 Å². The van der Waals surface area contributed by atoms with Crippen LogP contribution in [0.3, 0.4) is 0 Å². The Morgan fingerprint density at radius 3 is 2.43 bits per heavy atom. The van der Waals surface area contributed by atoms with Crippen LogP contribution in [0.4, 0.5) is 33.3 Å². The Morgan fingerprint density at radius 1 is 1.09 bits per heavy atom. The second kappa shape index (κ2) is 13.3. The number of thioether (sulfide) groups is 1. The summed E-state index contributed by atoms with van der Waals surface area (Å²) in [5.74, 6) is -3.27. The van der Waals surface area contributed by atoms with Crippen molar-refractivity contribution in [1.82, 2.24) is 14.8 Å². The van der Waals surface area contributed by atoms with Crippen LogP contribution in [0.25, 0.3) is 5.69 Å². The minimum atomic E-state index is -4.83. The summed E-state index contributed by atoms with van der Waals surface area (Å²) in [5.41, 5.74) is 2.73. The number of aryl methyl sites for hydroxylation is 1. The molecular weight excluding hydrogens is 635 g/mol. The molecule has 2 N–H and O–H groups in total. The molecule has 2 heterocycles. The number of hydrogen-bond donors (Lipinski definition) is 2. The molecule has 5 rings (SSSR count). The molecule has 1 aliphatic rings. The van der Waals surface area contributed by atoms with E-state index in [2.05, 4.69) is 25.1 Å². The number of alkyl halides is 3. The van der Waals surface area contributed by atoms with Gasteiger partial charge in [-0.1, -0.05) is 37.7 Å². The number of hydrogen-bond acceptors (Lipinski definition) is 9. The fraction of sp³-hybridized carbons (Fsp3) is 0.267. The third-order valence-corrected chi connectivity index (χ3v) is 7.50. The SMILES string of the molecule is Cc1ccc(C(C)C)c(N2C(=O)CS/C2=N\C(O)Nc2cc(F)c(OCc3ncn(-c4ccc(OC(F)(F)F)cc4)n3)c(F)c2)c1. The van der Waals surface area contributed by atoms with Gasteiger partial charge in [0.25, 0.3) is 0 Å². The molecule has 0 saturated carbocycles. The fourth-order valence-electron chi connectivity index (χ4n) is 4.52. The summed E-state index contributed by atoms with van der Waals surface area (Å²) < 4.78 is 77.2. The number of benzene rings is 3. The van der Waals surface area contributed by atoms with Gasteiger partial charge in [-0.2, -0.15) is 0 Å². The Morgan fingerprint density at radius 2 is 1.78 bits per heavy atom. The number of amidine groups is 1. The lowest BCUT2D eigenvalue weighted by Gasteiger charge is -2.23. The molecule has 1 aliphatic heterocycles. The van der Waals surface area contributed by atoms with Crippen molar-refractivity contribution in [2.75, 3.05) is 16.0 Å². The smallest absolute Gasteiger partial charge is 0.479 e. The van der Waals surface area contributed by atoms with E-state index in [0.717, 1.165) is 47.2 Å². The number of aliphatic imine (C=N–C) groups is 1. The summed E-state index contributed by atoms with van der Waals surface area (Å²) in [6, 6.07) is 12.4. The summed E-state index contributed by atoms with van der Waals surface area (Å²) in [4.78, 5) is 22.4. The first-order chi connectivity index (χ1) is 21.8. The molecule has 0 aliphatic carbocycles. The molecule has 46 heavy (non-hydrogen) atoms. The second-order valence-corrected chi connectivity index (χ2v) is 11.3. The maximum Gasteiger partial charge on any atom is 0.573 e. The molecule has 3 aromatic carbocycles. The van der Waals surface area contributed by atoms with Gasteiger partial charge in [0.1, 0.15) is 18.7 Å². The molecule has 0 radical (unpaired) electrons. The highest BCUT2D eigenvalue weighted by Crippen LogP contribution is 2.35. The minimum absolute atomic E-state index is 0.0327. The van der Waals surface area contributed by atoms with E-state index in [1.54, 1.807) is 0 Å². The van der Waals surface area contributed by atoms with Crippen molar-refractivity contribution in [3.8, 4) is 17.2 Å². The molecule has 1 unspecified atom stereocenters. The first kappa shape index (κ1) is 32.7. The number of ether oxygens (including phenoxy) is 2. The van der Waals surface area contributed by atoms with Gasteiger partial charge in [-0.15, -0.1) is 18.3 Å². The normalized spacial score (nSPS) is 15.1. The molecule has 10 nitrogen and oxygen atoms in total. The summed E-state index contributed by atoms with van der Waals surface area (Å²) in [6.07, 6.45) is -5.22. The summed E-state index contributed by atoms with van der Waals surface area (Å²) in [5, 5.41) is 17.4. The number of carbonyl (C=O) groups is 1. The van der Waals surface area contributed by atoms with Crippen LogP contribution in [0, 0.1) is 18.6 Å². The molecular formula is C30H27F5N6O4S. The van der Waals surface area contributed by atoms with Crippen LogP contribution in [-0.4, -0.2) is 49.4 Å². The maximum absolute atomic E-state index is 14.9. The number of rotatable bonds is 10. The van der Waals surface area contributed by atoms with E-state index < -0.39 is 42.5 Å². The summed E-state index contributed by atoms with van der Waals surface area (Å²) in [7, 11) is 0. The van der Waals surface area contributed by atoms with Crippen LogP contribution in [0.1, 0.15) is 36.7 Å². The average Bonchev–Trinajstić information content (AvgIpc) is 3.58. The molecule has 0 spiro atoms. The highest BCUT2D eigenvalue weighted by atomic mass is 32.2. The Balaban J connectivity index is 1.24.